The molecule has 0 bridgehead atoms. The zero-order valence-corrected chi connectivity index (χ0v) is 18.4. The van der Waals surface area contributed by atoms with Crippen LogP contribution in [0.1, 0.15) is 37.4 Å². The van der Waals surface area contributed by atoms with Crippen LogP contribution in [0, 0.1) is 5.82 Å². The van der Waals surface area contributed by atoms with Gasteiger partial charge in [0.05, 0.1) is 17.4 Å². The van der Waals surface area contributed by atoms with Crippen LogP contribution in [0.2, 0.25) is 0 Å². The smallest absolute Gasteiger partial charge is 0.230 e. The lowest BCUT2D eigenvalue weighted by Crippen LogP contribution is -2.28. The molecule has 1 fully saturated rings. The van der Waals surface area contributed by atoms with Gasteiger partial charge in [-0.25, -0.2) is 4.39 Å². The van der Waals surface area contributed by atoms with Crippen molar-refractivity contribution in [1.82, 2.24) is 20.1 Å². The Balaban J connectivity index is 1.25. The van der Waals surface area contributed by atoms with Crippen molar-refractivity contribution in [1.29, 1.82) is 0 Å². The summed E-state index contributed by atoms with van der Waals surface area (Å²) in [5, 5.41) is 12.1. The number of nitrogens with zero attached hydrogens (tertiary/aromatic N) is 3. The van der Waals surface area contributed by atoms with Crippen LogP contribution in [0.4, 0.5) is 4.39 Å². The Morgan fingerprint density at radius 3 is 2.75 bits per heavy atom. The highest BCUT2D eigenvalue weighted by Gasteiger charge is 2.31. The highest BCUT2D eigenvalue weighted by Crippen LogP contribution is 2.41. The van der Waals surface area contributed by atoms with Crippen LogP contribution in [0.25, 0.3) is 11.4 Å². The van der Waals surface area contributed by atoms with E-state index in [2.05, 4.69) is 15.5 Å². The first-order chi connectivity index (χ1) is 15.6. The topological polar surface area (TPSA) is 78.3 Å². The predicted molar refractivity (Wildman–Crippen MR) is 118 cm³/mol. The average Bonchev–Trinajstić information content (AvgIpc) is 3.56. The molecule has 1 atom stereocenters. The summed E-state index contributed by atoms with van der Waals surface area (Å²) in [6.45, 7) is 2.99. The molecule has 0 radical (unpaired) electrons. The third-order valence-electron chi connectivity index (χ3n) is 5.47. The molecule has 5 rings (SSSR count). The molecular weight excluding hydrogens is 431 g/mol. The second-order valence-corrected chi connectivity index (χ2v) is 8.81. The molecule has 3 aromatic rings. The Hall–Kier alpha value is -3.07. The van der Waals surface area contributed by atoms with Gasteiger partial charge in [-0.2, -0.15) is 0 Å². The van der Waals surface area contributed by atoms with Gasteiger partial charge in [0, 0.05) is 6.04 Å². The summed E-state index contributed by atoms with van der Waals surface area (Å²) in [7, 11) is 0. The van der Waals surface area contributed by atoms with E-state index in [9.17, 15) is 9.18 Å². The molecule has 32 heavy (non-hydrogen) atoms. The summed E-state index contributed by atoms with van der Waals surface area (Å²) in [4.78, 5) is 12.6. The maximum Gasteiger partial charge on any atom is 0.230 e. The molecule has 0 spiro atoms. The number of carbonyl (C=O) groups is 1. The zero-order chi connectivity index (χ0) is 22.1. The maximum atomic E-state index is 14.3. The molecule has 9 heteroatoms. The Kier molecular flexibility index (Phi) is 5.73. The average molecular weight is 455 g/mol. The number of fused-ring (bicyclic) bond motifs is 1. The monoisotopic (exact) mass is 454 g/mol. The van der Waals surface area contributed by atoms with Gasteiger partial charge >= 0.3 is 0 Å². The van der Waals surface area contributed by atoms with Gasteiger partial charge in [0.1, 0.15) is 19.0 Å². The summed E-state index contributed by atoms with van der Waals surface area (Å²) >= 11 is 1.32. The minimum Gasteiger partial charge on any atom is -0.486 e. The van der Waals surface area contributed by atoms with Crippen LogP contribution in [-0.2, 0) is 4.79 Å². The van der Waals surface area contributed by atoms with Crippen molar-refractivity contribution in [2.75, 3.05) is 19.0 Å². The third-order valence-corrected chi connectivity index (χ3v) is 6.41. The molecule has 1 aliphatic carbocycles. The molecule has 1 unspecified atom stereocenters. The Morgan fingerprint density at radius 1 is 1.19 bits per heavy atom. The lowest BCUT2D eigenvalue weighted by molar-refractivity contribution is -0.119. The van der Waals surface area contributed by atoms with Gasteiger partial charge in [0.15, 0.2) is 22.5 Å². The standard InChI is InChI=1S/C23H23FN4O3S/c1-14(15-6-9-19-20(12-15)31-11-10-30-19)25-21(29)13-32-23-27-26-22(28(23)16-7-8-16)17-4-2-3-5-18(17)24/h2-6,9,12,14,16H,7-8,10-11,13H2,1H3,(H,25,29). The number of hydrogen-bond donors (Lipinski definition) is 1. The fraction of sp³-hybridized carbons (Fsp3) is 0.348. The van der Waals surface area contributed by atoms with Gasteiger partial charge in [-0.15, -0.1) is 10.2 Å². The van der Waals surface area contributed by atoms with Crippen LogP contribution < -0.4 is 14.8 Å². The molecule has 2 heterocycles. The van der Waals surface area contributed by atoms with E-state index in [1.165, 1.54) is 17.8 Å². The normalized spacial score (nSPS) is 15.9. The van der Waals surface area contributed by atoms with Crippen molar-refractivity contribution in [2.24, 2.45) is 0 Å². The van der Waals surface area contributed by atoms with Gasteiger partial charge in [-0.3, -0.25) is 9.36 Å². The number of thioether (sulfide) groups is 1. The summed E-state index contributed by atoms with van der Waals surface area (Å²) < 4.78 is 27.4. The largest absolute Gasteiger partial charge is 0.486 e. The fourth-order valence-corrected chi connectivity index (χ4v) is 4.51. The molecular formula is C23H23FN4O3S. The number of rotatable bonds is 7. The van der Waals surface area contributed by atoms with Crippen LogP contribution >= 0.6 is 11.8 Å². The first-order valence-electron chi connectivity index (χ1n) is 10.6. The third kappa shape index (κ3) is 4.29. The zero-order valence-electron chi connectivity index (χ0n) is 17.6. The fourth-order valence-electron chi connectivity index (χ4n) is 3.69. The van der Waals surface area contributed by atoms with Gasteiger partial charge in [-0.05, 0) is 49.6 Å². The van der Waals surface area contributed by atoms with E-state index in [-0.39, 0.29) is 29.6 Å². The molecule has 1 aromatic heterocycles. The number of ether oxygens (including phenoxy) is 2. The quantitative estimate of drug-likeness (QED) is 0.540. The van der Waals surface area contributed by atoms with E-state index in [4.69, 9.17) is 9.47 Å². The first-order valence-corrected chi connectivity index (χ1v) is 11.6. The SMILES string of the molecule is CC(NC(=O)CSc1nnc(-c2ccccc2F)n1C1CC1)c1ccc2c(c1)OCCO2. The lowest BCUT2D eigenvalue weighted by atomic mass is 10.1. The van der Waals surface area contributed by atoms with Crippen LogP contribution in [0.15, 0.2) is 47.6 Å². The molecule has 166 valence electrons. The van der Waals surface area contributed by atoms with E-state index in [1.807, 2.05) is 29.7 Å². The van der Waals surface area contributed by atoms with Crippen molar-refractivity contribution in [2.45, 2.75) is 37.0 Å². The molecule has 0 saturated heterocycles. The molecule has 2 aliphatic rings. The minimum atomic E-state index is -0.329. The van der Waals surface area contributed by atoms with Crippen LogP contribution in [-0.4, -0.2) is 39.6 Å². The molecule has 1 N–H and O–H groups in total. The number of halogens is 1. The van der Waals surface area contributed by atoms with Crippen molar-refractivity contribution < 1.29 is 18.7 Å². The number of hydrogen-bond acceptors (Lipinski definition) is 6. The Morgan fingerprint density at radius 2 is 1.97 bits per heavy atom. The summed E-state index contributed by atoms with van der Waals surface area (Å²) in [5.41, 5.74) is 1.37. The molecule has 7 nitrogen and oxygen atoms in total. The molecule has 1 amide bonds. The number of amides is 1. The van der Waals surface area contributed by atoms with Gasteiger partial charge < -0.3 is 14.8 Å². The van der Waals surface area contributed by atoms with E-state index in [1.54, 1.807) is 18.2 Å². The second-order valence-electron chi connectivity index (χ2n) is 7.87. The van der Waals surface area contributed by atoms with Gasteiger partial charge in [0.2, 0.25) is 5.91 Å². The van der Waals surface area contributed by atoms with Crippen molar-refractivity contribution in [3.8, 4) is 22.9 Å². The van der Waals surface area contributed by atoms with Crippen LogP contribution in [0.3, 0.4) is 0 Å². The summed E-state index contributed by atoms with van der Waals surface area (Å²) in [6, 6.07) is 12.3. The van der Waals surface area contributed by atoms with E-state index in [0.717, 1.165) is 24.2 Å². The molecule has 1 saturated carbocycles. The number of carbonyl (C=O) groups excluding carboxylic acids is 1. The summed E-state index contributed by atoms with van der Waals surface area (Å²) in [5.74, 6) is 1.68. The molecule has 2 aromatic carbocycles. The number of aromatic nitrogens is 3. The van der Waals surface area contributed by atoms with Gasteiger partial charge in [-0.1, -0.05) is 30.0 Å². The highest BCUT2D eigenvalue weighted by molar-refractivity contribution is 7.99. The van der Waals surface area contributed by atoms with Crippen molar-refractivity contribution >= 4 is 17.7 Å². The van der Waals surface area contributed by atoms with Gasteiger partial charge in [0.25, 0.3) is 0 Å². The van der Waals surface area contributed by atoms with E-state index in [0.29, 0.717) is 35.5 Å². The van der Waals surface area contributed by atoms with Crippen LogP contribution in [0.5, 0.6) is 11.5 Å². The second kappa shape index (κ2) is 8.82. The predicted octanol–water partition coefficient (Wildman–Crippen LogP) is 4.16. The highest BCUT2D eigenvalue weighted by atomic mass is 32.2. The van der Waals surface area contributed by atoms with Crippen molar-refractivity contribution in [3.63, 3.8) is 0 Å². The van der Waals surface area contributed by atoms with E-state index >= 15 is 0 Å². The Labute approximate surface area is 189 Å². The lowest BCUT2D eigenvalue weighted by Gasteiger charge is -2.21. The maximum absolute atomic E-state index is 14.3. The van der Waals surface area contributed by atoms with Crippen molar-refractivity contribution in [3.05, 3.63) is 53.8 Å². The Bertz CT molecular complexity index is 1150. The number of nitrogens with one attached hydrogen (secondary N) is 1. The molecule has 1 aliphatic heterocycles. The summed E-state index contributed by atoms with van der Waals surface area (Å²) in [6.07, 6.45) is 2.00. The van der Waals surface area contributed by atoms with E-state index < -0.39 is 0 Å². The number of benzene rings is 2. The first kappa shape index (κ1) is 20.8. The minimum absolute atomic E-state index is 0.116.